The van der Waals surface area contributed by atoms with E-state index in [1.165, 1.54) is 46.0 Å². The van der Waals surface area contributed by atoms with E-state index in [-0.39, 0.29) is 5.41 Å². The van der Waals surface area contributed by atoms with Crippen LogP contribution in [0.3, 0.4) is 0 Å². The molecule has 1 unspecified atom stereocenters. The number of unbranched alkanes of at least 4 members (excludes halogenated alkanes) is 1. The van der Waals surface area contributed by atoms with E-state index in [0.29, 0.717) is 0 Å². The van der Waals surface area contributed by atoms with Crippen LogP contribution in [-0.4, -0.2) is 12.8 Å². The summed E-state index contributed by atoms with van der Waals surface area (Å²) in [5.74, 6) is 0.967. The van der Waals surface area contributed by atoms with E-state index in [9.17, 15) is 0 Å². The van der Waals surface area contributed by atoms with Crippen molar-refractivity contribution in [2.24, 2.45) is 0 Å². The van der Waals surface area contributed by atoms with Crippen molar-refractivity contribution in [3.05, 3.63) is 77.4 Å². The average molecular weight is 384 g/mol. The molecule has 0 saturated heterocycles. The molecule has 2 heterocycles. The number of hydrogen-bond acceptors (Lipinski definition) is 2. The van der Waals surface area contributed by atoms with Crippen LogP contribution < -0.4 is 9.64 Å². The standard InChI is InChI=1S/C27H29NO/c1-5-6-9-19-12-14-21-20(18-19)13-15-25-22(21)16-17-27(29-25)26(2,3)23-10-7-8-11-24(23)28(27)4/h7-8,10-18H,5-6,9H2,1-4H3. The topological polar surface area (TPSA) is 12.5 Å². The number of rotatable bonds is 3. The number of ether oxygens (including phenoxy) is 1. The fourth-order valence-electron chi connectivity index (χ4n) is 5.18. The predicted molar refractivity (Wildman–Crippen MR) is 123 cm³/mol. The molecular weight excluding hydrogens is 354 g/mol. The third-order valence-electron chi connectivity index (χ3n) is 6.98. The zero-order valence-electron chi connectivity index (χ0n) is 17.8. The quantitative estimate of drug-likeness (QED) is 0.498. The monoisotopic (exact) mass is 383 g/mol. The Bertz CT molecular complexity index is 1130. The van der Waals surface area contributed by atoms with Gasteiger partial charge in [0.05, 0.1) is 5.41 Å². The number of para-hydroxylation sites is 1. The lowest BCUT2D eigenvalue weighted by Crippen LogP contribution is -2.58. The fraction of sp³-hybridized carbons (Fsp3) is 0.333. The minimum Gasteiger partial charge on any atom is -0.463 e. The van der Waals surface area contributed by atoms with Crippen LogP contribution in [0.2, 0.25) is 0 Å². The van der Waals surface area contributed by atoms with E-state index in [1.807, 2.05) is 0 Å². The number of likely N-dealkylation sites (N-methyl/N-ethyl adjacent to an activating group) is 1. The first-order chi connectivity index (χ1) is 14.0. The van der Waals surface area contributed by atoms with Crippen LogP contribution in [0.15, 0.2) is 60.7 Å². The van der Waals surface area contributed by atoms with E-state index in [0.717, 1.165) is 12.2 Å². The van der Waals surface area contributed by atoms with E-state index < -0.39 is 5.72 Å². The first-order valence-electron chi connectivity index (χ1n) is 10.8. The van der Waals surface area contributed by atoms with Gasteiger partial charge in [-0.05, 0) is 72.9 Å². The lowest BCUT2D eigenvalue weighted by Gasteiger charge is -2.46. The Hall–Kier alpha value is -2.74. The number of hydrogen-bond donors (Lipinski definition) is 0. The van der Waals surface area contributed by atoms with Crippen LogP contribution in [-0.2, 0) is 11.8 Å². The van der Waals surface area contributed by atoms with Crippen molar-refractivity contribution in [1.29, 1.82) is 0 Å². The summed E-state index contributed by atoms with van der Waals surface area (Å²) >= 11 is 0. The Morgan fingerprint density at radius 1 is 1.00 bits per heavy atom. The van der Waals surface area contributed by atoms with E-state index in [2.05, 4.69) is 99.5 Å². The molecule has 3 aromatic rings. The van der Waals surface area contributed by atoms with E-state index in [4.69, 9.17) is 4.74 Å². The molecule has 0 N–H and O–H groups in total. The Morgan fingerprint density at radius 3 is 2.62 bits per heavy atom. The highest BCUT2D eigenvalue weighted by Gasteiger charge is 2.57. The minimum atomic E-state index is -0.515. The molecule has 0 amide bonds. The second kappa shape index (κ2) is 6.38. The summed E-state index contributed by atoms with van der Waals surface area (Å²) in [4.78, 5) is 2.29. The molecule has 29 heavy (non-hydrogen) atoms. The van der Waals surface area contributed by atoms with Crippen molar-refractivity contribution >= 4 is 22.5 Å². The Balaban J connectivity index is 1.59. The molecule has 0 aromatic heterocycles. The van der Waals surface area contributed by atoms with Crippen LogP contribution in [0.1, 0.15) is 50.3 Å². The molecule has 0 saturated carbocycles. The summed E-state index contributed by atoms with van der Waals surface area (Å²) in [6, 6.07) is 19.9. The van der Waals surface area contributed by atoms with Crippen LogP contribution >= 0.6 is 0 Å². The van der Waals surface area contributed by atoms with Crippen molar-refractivity contribution in [3.63, 3.8) is 0 Å². The van der Waals surface area contributed by atoms with Gasteiger partial charge >= 0.3 is 0 Å². The molecule has 0 aliphatic carbocycles. The maximum atomic E-state index is 6.83. The van der Waals surface area contributed by atoms with Crippen LogP contribution in [0, 0.1) is 0 Å². The Morgan fingerprint density at radius 2 is 1.83 bits per heavy atom. The number of anilines is 1. The van der Waals surface area contributed by atoms with Gasteiger partial charge < -0.3 is 9.64 Å². The molecule has 0 radical (unpaired) electrons. The largest absolute Gasteiger partial charge is 0.463 e. The highest BCUT2D eigenvalue weighted by atomic mass is 16.5. The molecule has 2 heteroatoms. The normalized spacial score (nSPS) is 21.3. The molecule has 1 atom stereocenters. The van der Waals surface area contributed by atoms with Crippen LogP contribution in [0.5, 0.6) is 5.75 Å². The Labute approximate surface area is 173 Å². The second-order valence-electron chi connectivity index (χ2n) is 8.97. The summed E-state index contributed by atoms with van der Waals surface area (Å²) < 4.78 is 6.83. The van der Waals surface area contributed by atoms with Gasteiger partial charge in [0.15, 0.2) is 0 Å². The molecule has 2 aliphatic heterocycles. The smallest absolute Gasteiger partial charge is 0.211 e. The molecule has 0 fully saturated rings. The number of benzene rings is 3. The van der Waals surface area contributed by atoms with Gasteiger partial charge in [0.2, 0.25) is 5.72 Å². The third kappa shape index (κ3) is 2.48. The maximum absolute atomic E-state index is 6.83. The first kappa shape index (κ1) is 18.3. The van der Waals surface area contributed by atoms with E-state index in [1.54, 1.807) is 0 Å². The Kier molecular flexibility index (Phi) is 4.03. The molecule has 5 rings (SSSR count). The SMILES string of the molecule is CCCCc1ccc2c3c(ccc2c1)OC1(C=C3)N(C)c2ccccc2C1(C)C. The maximum Gasteiger partial charge on any atom is 0.211 e. The van der Waals surface area contributed by atoms with Gasteiger partial charge in [0, 0.05) is 18.3 Å². The summed E-state index contributed by atoms with van der Waals surface area (Å²) in [6.45, 7) is 6.81. The lowest BCUT2D eigenvalue weighted by atomic mass is 9.76. The van der Waals surface area contributed by atoms with Crippen LogP contribution in [0.25, 0.3) is 16.8 Å². The van der Waals surface area contributed by atoms with Crippen molar-refractivity contribution in [1.82, 2.24) is 0 Å². The van der Waals surface area contributed by atoms with Gasteiger partial charge in [-0.1, -0.05) is 55.8 Å². The molecule has 1 spiro atoms. The zero-order chi connectivity index (χ0) is 20.2. The van der Waals surface area contributed by atoms with Crippen molar-refractivity contribution in [2.75, 3.05) is 11.9 Å². The number of fused-ring (bicyclic) bond motifs is 4. The molecular formula is C27H29NO. The second-order valence-corrected chi connectivity index (χ2v) is 8.97. The zero-order valence-corrected chi connectivity index (χ0v) is 17.8. The van der Waals surface area contributed by atoms with Crippen molar-refractivity contribution in [2.45, 2.75) is 51.2 Å². The third-order valence-corrected chi connectivity index (χ3v) is 6.98. The van der Waals surface area contributed by atoms with Gasteiger partial charge in [0.25, 0.3) is 0 Å². The summed E-state index contributed by atoms with van der Waals surface area (Å²) in [6.07, 6.45) is 8.16. The molecule has 148 valence electrons. The molecule has 3 aromatic carbocycles. The lowest BCUT2D eigenvalue weighted by molar-refractivity contribution is 0.0584. The van der Waals surface area contributed by atoms with Crippen molar-refractivity contribution in [3.8, 4) is 5.75 Å². The highest BCUT2D eigenvalue weighted by molar-refractivity contribution is 5.94. The van der Waals surface area contributed by atoms with Crippen molar-refractivity contribution < 1.29 is 4.74 Å². The van der Waals surface area contributed by atoms with Gasteiger partial charge in [-0.3, -0.25) is 0 Å². The predicted octanol–water partition coefficient (Wildman–Crippen LogP) is 6.71. The number of aryl methyl sites for hydroxylation is 1. The van der Waals surface area contributed by atoms with Gasteiger partial charge in [0.1, 0.15) is 5.75 Å². The van der Waals surface area contributed by atoms with E-state index >= 15 is 0 Å². The van der Waals surface area contributed by atoms with Gasteiger partial charge in [-0.25, -0.2) is 0 Å². The summed E-state index contributed by atoms with van der Waals surface area (Å²) in [5.41, 5.74) is 4.51. The molecule has 2 aliphatic rings. The molecule has 0 bridgehead atoms. The summed E-state index contributed by atoms with van der Waals surface area (Å²) in [7, 11) is 2.14. The van der Waals surface area contributed by atoms with Gasteiger partial charge in [-0.2, -0.15) is 0 Å². The van der Waals surface area contributed by atoms with Crippen LogP contribution in [0.4, 0.5) is 5.69 Å². The summed E-state index contributed by atoms with van der Waals surface area (Å²) in [5, 5.41) is 2.56. The highest BCUT2D eigenvalue weighted by Crippen LogP contribution is 2.54. The fourth-order valence-corrected chi connectivity index (χ4v) is 5.18. The first-order valence-corrected chi connectivity index (χ1v) is 10.8. The minimum absolute atomic E-state index is 0.161. The average Bonchev–Trinajstić information content (AvgIpc) is 2.90. The number of nitrogens with zero attached hydrogens (tertiary/aromatic N) is 1. The molecule has 2 nitrogen and oxygen atoms in total. The van der Waals surface area contributed by atoms with Gasteiger partial charge in [-0.15, -0.1) is 0 Å².